The highest BCUT2D eigenvalue weighted by molar-refractivity contribution is 7.99. The molecular formula is C16H19N3OS. The molecule has 0 aliphatic heterocycles. The van der Waals surface area contributed by atoms with Crippen LogP contribution in [0.5, 0.6) is 0 Å². The molecule has 21 heavy (non-hydrogen) atoms. The van der Waals surface area contributed by atoms with Crippen molar-refractivity contribution in [1.29, 1.82) is 0 Å². The van der Waals surface area contributed by atoms with Crippen molar-refractivity contribution < 1.29 is 4.79 Å². The highest BCUT2D eigenvalue weighted by Crippen LogP contribution is 2.26. The third-order valence-corrected chi connectivity index (χ3v) is 3.87. The number of hydrogen-bond donors (Lipinski definition) is 2. The molecule has 0 spiro atoms. The Kier molecular flexibility index (Phi) is 5.63. The first kappa shape index (κ1) is 15.4. The summed E-state index contributed by atoms with van der Waals surface area (Å²) in [5, 5.41) is 5.79. The summed E-state index contributed by atoms with van der Waals surface area (Å²) in [7, 11) is 0. The van der Waals surface area contributed by atoms with E-state index >= 15 is 0 Å². The van der Waals surface area contributed by atoms with Crippen LogP contribution in [0.1, 0.15) is 25.6 Å². The predicted molar refractivity (Wildman–Crippen MR) is 87.6 cm³/mol. The second-order valence-corrected chi connectivity index (χ2v) is 5.81. The number of carbonyl (C=O) groups excluding carboxylic acids is 1. The summed E-state index contributed by atoms with van der Waals surface area (Å²) in [6, 6.07) is 13.1. The molecule has 1 heterocycles. The van der Waals surface area contributed by atoms with Crippen LogP contribution >= 0.6 is 11.8 Å². The molecule has 0 aliphatic rings. The number of carbonyl (C=O) groups is 1. The van der Waals surface area contributed by atoms with E-state index in [4.69, 9.17) is 0 Å². The fourth-order valence-electron chi connectivity index (χ4n) is 1.91. The average Bonchev–Trinajstić information content (AvgIpc) is 2.50. The normalized spacial score (nSPS) is 11.7. The monoisotopic (exact) mass is 301 g/mol. The second kappa shape index (κ2) is 7.69. The van der Waals surface area contributed by atoms with Gasteiger partial charge in [-0.2, -0.15) is 0 Å². The van der Waals surface area contributed by atoms with Gasteiger partial charge in [0, 0.05) is 11.1 Å². The van der Waals surface area contributed by atoms with Crippen molar-refractivity contribution in [3.8, 4) is 0 Å². The van der Waals surface area contributed by atoms with Gasteiger partial charge in [-0.1, -0.05) is 25.1 Å². The first-order valence-corrected chi connectivity index (χ1v) is 7.89. The van der Waals surface area contributed by atoms with Gasteiger partial charge in [-0.15, -0.1) is 11.8 Å². The number of urea groups is 1. The Morgan fingerprint density at radius 2 is 2.00 bits per heavy atom. The highest BCUT2D eigenvalue weighted by Gasteiger charge is 2.11. The third-order valence-electron chi connectivity index (χ3n) is 2.91. The smallest absolute Gasteiger partial charge is 0.319 e. The summed E-state index contributed by atoms with van der Waals surface area (Å²) >= 11 is 1.70. The Morgan fingerprint density at radius 1 is 1.24 bits per heavy atom. The Hall–Kier alpha value is -2.01. The molecule has 1 aromatic heterocycles. The van der Waals surface area contributed by atoms with E-state index in [1.807, 2.05) is 49.4 Å². The first-order valence-electron chi connectivity index (χ1n) is 6.91. The number of benzene rings is 1. The van der Waals surface area contributed by atoms with E-state index in [0.717, 1.165) is 22.0 Å². The zero-order valence-corrected chi connectivity index (χ0v) is 13.0. The van der Waals surface area contributed by atoms with Crippen molar-refractivity contribution in [2.75, 3.05) is 11.1 Å². The van der Waals surface area contributed by atoms with Crippen LogP contribution in [0.3, 0.4) is 0 Å². The van der Waals surface area contributed by atoms with Crippen molar-refractivity contribution in [2.24, 2.45) is 0 Å². The predicted octanol–water partition coefficient (Wildman–Crippen LogP) is 4.08. The van der Waals surface area contributed by atoms with Gasteiger partial charge in [-0.25, -0.2) is 4.79 Å². The highest BCUT2D eigenvalue weighted by atomic mass is 32.2. The minimum Gasteiger partial charge on any atom is -0.330 e. The van der Waals surface area contributed by atoms with E-state index in [1.165, 1.54) is 0 Å². The lowest BCUT2D eigenvalue weighted by Gasteiger charge is -2.15. The van der Waals surface area contributed by atoms with Gasteiger partial charge in [-0.05, 0) is 36.9 Å². The van der Waals surface area contributed by atoms with Crippen LogP contribution in [0.25, 0.3) is 0 Å². The van der Waals surface area contributed by atoms with Crippen LogP contribution in [0, 0.1) is 0 Å². The minimum atomic E-state index is -0.225. The van der Waals surface area contributed by atoms with Gasteiger partial charge in [-0.3, -0.25) is 4.98 Å². The molecule has 0 aliphatic carbocycles. The summed E-state index contributed by atoms with van der Waals surface area (Å²) in [4.78, 5) is 17.4. The van der Waals surface area contributed by atoms with E-state index in [9.17, 15) is 4.79 Å². The number of amides is 2. The van der Waals surface area contributed by atoms with E-state index in [0.29, 0.717) is 0 Å². The number of pyridine rings is 1. The second-order valence-electron chi connectivity index (χ2n) is 4.50. The Balaban J connectivity index is 1.99. The van der Waals surface area contributed by atoms with Crippen molar-refractivity contribution in [3.63, 3.8) is 0 Å². The fraction of sp³-hybridized carbons (Fsp3) is 0.250. The number of nitrogens with zero attached hydrogens (tertiary/aromatic N) is 1. The molecule has 2 rings (SSSR count). The van der Waals surface area contributed by atoms with Crippen LogP contribution in [0.15, 0.2) is 53.6 Å². The molecule has 4 nitrogen and oxygen atoms in total. The molecule has 1 aromatic carbocycles. The quantitative estimate of drug-likeness (QED) is 0.818. The fourth-order valence-corrected chi connectivity index (χ4v) is 2.67. The lowest BCUT2D eigenvalue weighted by Crippen LogP contribution is -2.31. The minimum absolute atomic E-state index is 0.141. The first-order chi connectivity index (χ1) is 10.2. The molecule has 1 atom stereocenters. The van der Waals surface area contributed by atoms with Crippen molar-refractivity contribution in [2.45, 2.75) is 24.8 Å². The molecule has 0 radical (unpaired) electrons. The topological polar surface area (TPSA) is 54.0 Å². The van der Waals surface area contributed by atoms with Gasteiger partial charge in [0.2, 0.25) is 0 Å². The number of para-hydroxylation sites is 1. The molecular weight excluding hydrogens is 282 g/mol. The number of thioether (sulfide) groups is 1. The Labute approximate surface area is 129 Å². The van der Waals surface area contributed by atoms with Gasteiger partial charge in [0.25, 0.3) is 0 Å². The maximum atomic E-state index is 12.1. The standard InChI is InChI=1S/C16H19N3OS/c1-3-21-15-10-5-4-9-14(15)19-16(20)18-12(2)13-8-6-7-11-17-13/h4-12H,3H2,1-2H3,(H2,18,19,20)/t12-/m1/s1. The molecule has 110 valence electrons. The van der Waals surface area contributed by atoms with Gasteiger partial charge in [0.05, 0.1) is 17.4 Å². The molecule has 2 N–H and O–H groups in total. The number of anilines is 1. The third kappa shape index (κ3) is 4.49. The summed E-state index contributed by atoms with van der Waals surface area (Å²) in [5.41, 5.74) is 1.67. The summed E-state index contributed by atoms with van der Waals surface area (Å²) in [6.07, 6.45) is 1.72. The maximum Gasteiger partial charge on any atom is 0.319 e. The van der Waals surface area contributed by atoms with Crippen LogP contribution < -0.4 is 10.6 Å². The van der Waals surface area contributed by atoms with Crippen LogP contribution in [-0.2, 0) is 0 Å². The SMILES string of the molecule is CCSc1ccccc1NC(=O)N[C@H](C)c1ccccn1. The molecule has 0 saturated heterocycles. The lowest BCUT2D eigenvalue weighted by atomic mass is 10.2. The van der Waals surface area contributed by atoms with Crippen molar-refractivity contribution in [1.82, 2.24) is 10.3 Å². The van der Waals surface area contributed by atoms with E-state index in [2.05, 4.69) is 22.5 Å². The average molecular weight is 301 g/mol. The van der Waals surface area contributed by atoms with Crippen LogP contribution in [-0.4, -0.2) is 16.8 Å². The molecule has 0 saturated carbocycles. The number of aromatic nitrogens is 1. The Morgan fingerprint density at radius 3 is 2.71 bits per heavy atom. The zero-order valence-electron chi connectivity index (χ0n) is 12.2. The summed E-state index contributed by atoms with van der Waals surface area (Å²) in [6.45, 7) is 4.00. The molecule has 0 unspecified atom stereocenters. The number of rotatable bonds is 5. The van der Waals surface area contributed by atoms with Crippen LogP contribution in [0.4, 0.5) is 10.5 Å². The summed E-state index contributed by atoms with van der Waals surface area (Å²) < 4.78 is 0. The summed E-state index contributed by atoms with van der Waals surface area (Å²) in [5.74, 6) is 0.963. The molecule has 0 fully saturated rings. The molecule has 0 bridgehead atoms. The molecule has 2 aromatic rings. The Bertz CT molecular complexity index is 589. The number of nitrogens with one attached hydrogen (secondary N) is 2. The largest absolute Gasteiger partial charge is 0.330 e. The lowest BCUT2D eigenvalue weighted by molar-refractivity contribution is 0.249. The maximum absolute atomic E-state index is 12.1. The number of hydrogen-bond acceptors (Lipinski definition) is 3. The van der Waals surface area contributed by atoms with Crippen molar-refractivity contribution in [3.05, 3.63) is 54.4 Å². The van der Waals surface area contributed by atoms with Gasteiger partial charge >= 0.3 is 6.03 Å². The zero-order chi connectivity index (χ0) is 15.1. The molecule has 2 amide bonds. The van der Waals surface area contributed by atoms with Gasteiger partial charge in [0.15, 0.2) is 0 Å². The van der Waals surface area contributed by atoms with Crippen molar-refractivity contribution >= 4 is 23.5 Å². The van der Waals surface area contributed by atoms with Gasteiger partial charge in [0.1, 0.15) is 0 Å². The molecule has 5 heteroatoms. The van der Waals surface area contributed by atoms with E-state index < -0.39 is 0 Å². The van der Waals surface area contributed by atoms with E-state index in [-0.39, 0.29) is 12.1 Å². The van der Waals surface area contributed by atoms with Crippen LogP contribution in [0.2, 0.25) is 0 Å². The van der Waals surface area contributed by atoms with E-state index in [1.54, 1.807) is 18.0 Å². The van der Waals surface area contributed by atoms with Gasteiger partial charge < -0.3 is 10.6 Å².